The van der Waals surface area contributed by atoms with Crippen molar-refractivity contribution < 1.29 is 0 Å². The Hall–Kier alpha value is -0.346. The van der Waals surface area contributed by atoms with E-state index in [1.54, 1.807) is 5.19 Å². The van der Waals surface area contributed by atoms with Crippen LogP contribution < -0.4 is 5.19 Å². The van der Waals surface area contributed by atoms with Crippen molar-refractivity contribution in [2.75, 3.05) is 0 Å². The highest BCUT2D eigenvalue weighted by atomic mass is 29.2. The molecule has 0 unspecified atom stereocenters. The monoisotopic (exact) mass is 249 g/mol. The summed E-state index contributed by atoms with van der Waals surface area (Å²) in [4.78, 5) is 0. The molecule has 2 heteroatoms. The molecule has 89 valence electrons. The molecule has 1 aromatic carbocycles. The van der Waals surface area contributed by atoms with Crippen molar-refractivity contribution in [3.63, 3.8) is 0 Å². The van der Waals surface area contributed by atoms with Gasteiger partial charge in [0, 0.05) is 0 Å². The standard InChI is InChI=1S/C14H25Si2/c1-12(2)15(13(3)4)16(5,6)14-10-8-7-9-11-14/h7-13H,1-6H3. The molecule has 0 aliphatic heterocycles. The molecule has 1 aromatic rings. The first-order chi connectivity index (χ1) is 7.37. The lowest BCUT2D eigenvalue weighted by atomic mass is 10.4. The maximum Gasteiger partial charge on any atom is 0.0721 e. The lowest BCUT2D eigenvalue weighted by molar-refractivity contribution is 0.956. The molecule has 0 aromatic heterocycles. The molecule has 0 aliphatic carbocycles. The fourth-order valence-electron chi connectivity index (χ4n) is 3.13. The molecule has 16 heavy (non-hydrogen) atoms. The molecular weight excluding hydrogens is 224 g/mol. The minimum absolute atomic E-state index is 0.268. The van der Waals surface area contributed by atoms with E-state index in [4.69, 9.17) is 0 Å². The zero-order valence-corrected chi connectivity index (χ0v) is 13.5. The predicted molar refractivity (Wildman–Crippen MR) is 79.5 cm³/mol. The third kappa shape index (κ3) is 2.86. The SMILES string of the molecule is CC(C)[Si](C(C)C)[Si](C)(C)c1ccccc1. The first kappa shape index (κ1) is 13.7. The van der Waals surface area contributed by atoms with Crippen molar-refractivity contribution in [2.45, 2.75) is 51.9 Å². The molecule has 0 fully saturated rings. The largest absolute Gasteiger partial charge is 0.0721 e. The Balaban J connectivity index is 3.08. The summed E-state index contributed by atoms with van der Waals surface area (Å²) in [5.74, 6) is 0. The van der Waals surface area contributed by atoms with E-state index in [1.807, 2.05) is 0 Å². The van der Waals surface area contributed by atoms with Crippen LogP contribution in [0.4, 0.5) is 0 Å². The summed E-state index contributed by atoms with van der Waals surface area (Å²) >= 11 is 0. The Kier molecular flexibility index (Phi) is 4.56. The van der Waals surface area contributed by atoms with Crippen molar-refractivity contribution in [2.24, 2.45) is 0 Å². The zero-order valence-electron chi connectivity index (χ0n) is 11.5. The Labute approximate surface area is 103 Å². The Bertz CT molecular complexity index is 307. The van der Waals surface area contributed by atoms with Crippen LogP contribution in [-0.2, 0) is 0 Å². The smallest absolute Gasteiger partial charge is 0.0676 e. The van der Waals surface area contributed by atoms with E-state index in [1.165, 1.54) is 0 Å². The summed E-state index contributed by atoms with van der Waals surface area (Å²) in [5, 5.41) is 1.64. The fraction of sp³-hybridized carbons (Fsp3) is 0.571. The summed E-state index contributed by atoms with van der Waals surface area (Å²) in [7, 11) is -1.50. The van der Waals surface area contributed by atoms with Crippen molar-refractivity contribution in [1.82, 2.24) is 0 Å². The topological polar surface area (TPSA) is 0 Å². The number of hydrogen-bond donors (Lipinski definition) is 0. The highest BCUT2D eigenvalue weighted by Gasteiger charge is 2.38. The average molecular weight is 250 g/mol. The van der Waals surface area contributed by atoms with E-state index in [9.17, 15) is 0 Å². The van der Waals surface area contributed by atoms with Gasteiger partial charge in [0.05, 0.1) is 15.9 Å². The maximum absolute atomic E-state index is 2.57. The van der Waals surface area contributed by atoms with Crippen LogP contribution in [0.5, 0.6) is 0 Å². The second-order valence-electron chi connectivity index (χ2n) is 5.76. The van der Waals surface area contributed by atoms with Gasteiger partial charge in [-0.2, -0.15) is 0 Å². The Morgan fingerprint density at radius 2 is 1.31 bits per heavy atom. The van der Waals surface area contributed by atoms with Crippen molar-refractivity contribution in [1.29, 1.82) is 0 Å². The van der Waals surface area contributed by atoms with Crippen molar-refractivity contribution in [3.05, 3.63) is 30.3 Å². The summed E-state index contributed by atoms with van der Waals surface area (Å²) in [6.45, 7) is 14.8. The molecule has 0 heterocycles. The zero-order chi connectivity index (χ0) is 12.3. The molecule has 0 saturated carbocycles. The lowest BCUT2D eigenvalue weighted by Crippen LogP contribution is -2.58. The number of benzene rings is 1. The third-order valence-electron chi connectivity index (χ3n) is 3.46. The quantitative estimate of drug-likeness (QED) is 0.708. The summed E-state index contributed by atoms with van der Waals surface area (Å²) < 4.78 is 0. The van der Waals surface area contributed by atoms with E-state index >= 15 is 0 Å². The van der Waals surface area contributed by atoms with E-state index in [2.05, 4.69) is 71.1 Å². The predicted octanol–water partition coefficient (Wildman–Crippen LogP) is 4.00. The van der Waals surface area contributed by atoms with Gasteiger partial charge in [-0.1, -0.05) is 87.4 Å². The minimum atomic E-state index is -1.23. The third-order valence-corrected chi connectivity index (χ3v) is 17.8. The number of hydrogen-bond acceptors (Lipinski definition) is 0. The van der Waals surface area contributed by atoms with E-state index < -0.39 is 7.59 Å². The van der Waals surface area contributed by atoms with Crippen LogP contribution in [-0.4, -0.2) is 15.9 Å². The van der Waals surface area contributed by atoms with Crippen LogP contribution in [0.1, 0.15) is 27.7 Å². The Morgan fingerprint density at radius 3 is 1.69 bits per heavy atom. The van der Waals surface area contributed by atoms with E-state index in [0.29, 0.717) is 0 Å². The molecule has 0 atom stereocenters. The Morgan fingerprint density at radius 1 is 0.875 bits per heavy atom. The van der Waals surface area contributed by atoms with E-state index in [0.717, 1.165) is 11.1 Å². The molecule has 0 saturated heterocycles. The van der Waals surface area contributed by atoms with Gasteiger partial charge < -0.3 is 0 Å². The van der Waals surface area contributed by atoms with Gasteiger partial charge in [-0.15, -0.1) is 0 Å². The van der Waals surface area contributed by atoms with Gasteiger partial charge in [-0.05, 0) is 0 Å². The van der Waals surface area contributed by atoms with Gasteiger partial charge in [0.1, 0.15) is 0 Å². The molecule has 0 aliphatic rings. The second-order valence-corrected chi connectivity index (χ2v) is 18.3. The minimum Gasteiger partial charge on any atom is -0.0676 e. The molecule has 0 amide bonds. The molecule has 1 rings (SSSR count). The molecule has 0 N–H and O–H groups in total. The highest BCUT2D eigenvalue weighted by Crippen LogP contribution is 2.28. The summed E-state index contributed by atoms with van der Waals surface area (Å²) in [6, 6.07) is 11.2. The summed E-state index contributed by atoms with van der Waals surface area (Å²) in [6.07, 6.45) is 0. The molecule has 0 spiro atoms. The fourth-order valence-corrected chi connectivity index (χ4v) is 18.9. The molecular formula is C14H25Si2. The first-order valence-electron chi connectivity index (χ1n) is 6.30. The highest BCUT2D eigenvalue weighted by molar-refractivity contribution is 7.38. The average Bonchev–Trinajstić information content (AvgIpc) is 2.17. The van der Waals surface area contributed by atoms with Gasteiger partial charge >= 0.3 is 0 Å². The van der Waals surface area contributed by atoms with Gasteiger partial charge in [0.2, 0.25) is 0 Å². The first-order valence-corrected chi connectivity index (χ1v) is 12.0. The van der Waals surface area contributed by atoms with Gasteiger partial charge in [0.15, 0.2) is 0 Å². The van der Waals surface area contributed by atoms with Crippen LogP contribution in [0, 0.1) is 0 Å². The van der Waals surface area contributed by atoms with Crippen LogP contribution in [0.25, 0.3) is 0 Å². The van der Waals surface area contributed by atoms with Crippen molar-refractivity contribution >= 4 is 21.1 Å². The second kappa shape index (κ2) is 5.32. The van der Waals surface area contributed by atoms with Crippen LogP contribution in [0.15, 0.2) is 30.3 Å². The van der Waals surface area contributed by atoms with Crippen LogP contribution >= 0.6 is 0 Å². The maximum atomic E-state index is 2.57. The molecule has 1 radical (unpaired) electrons. The van der Waals surface area contributed by atoms with Crippen LogP contribution in [0.3, 0.4) is 0 Å². The normalized spacial score (nSPS) is 12.8. The van der Waals surface area contributed by atoms with E-state index in [-0.39, 0.29) is 8.31 Å². The van der Waals surface area contributed by atoms with Gasteiger partial charge in [-0.25, -0.2) is 0 Å². The van der Waals surface area contributed by atoms with Gasteiger partial charge in [-0.3, -0.25) is 0 Å². The van der Waals surface area contributed by atoms with Crippen LogP contribution in [0.2, 0.25) is 24.2 Å². The van der Waals surface area contributed by atoms with Gasteiger partial charge in [0.25, 0.3) is 0 Å². The molecule has 0 nitrogen and oxygen atoms in total. The van der Waals surface area contributed by atoms with Crippen molar-refractivity contribution in [3.8, 4) is 0 Å². The number of rotatable bonds is 4. The lowest BCUT2D eigenvalue weighted by Gasteiger charge is -2.37. The molecule has 0 bridgehead atoms. The summed E-state index contributed by atoms with van der Waals surface area (Å²) in [5.41, 5.74) is 1.76.